The van der Waals surface area contributed by atoms with Gasteiger partial charge in [-0.3, -0.25) is 0 Å². The fourth-order valence-corrected chi connectivity index (χ4v) is 4.13. The Kier molecular flexibility index (Phi) is 7.84. The first-order valence-corrected chi connectivity index (χ1v) is 11.6. The molecule has 0 bridgehead atoms. The Balaban J connectivity index is 1.63. The Morgan fingerprint density at radius 2 is 0.943 bits per heavy atom. The highest BCUT2D eigenvalue weighted by atomic mass is 32.1. The summed E-state index contributed by atoms with van der Waals surface area (Å²) in [5, 5.41) is 0. The number of esters is 3. The third-order valence-electron chi connectivity index (χ3n) is 5.50. The van der Waals surface area contributed by atoms with Gasteiger partial charge in [-0.05, 0) is 43.3 Å². The van der Waals surface area contributed by atoms with Crippen LogP contribution in [0.5, 0.6) is 0 Å². The molecule has 3 aromatic carbocycles. The fraction of sp³-hybridized carbons (Fsp3) is 0.222. The molecule has 0 radical (unpaired) electrons. The van der Waals surface area contributed by atoms with Gasteiger partial charge in [-0.25, -0.2) is 14.4 Å². The minimum atomic E-state index is -1.17. The summed E-state index contributed by atoms with van der Waals surface area (Å²) in [5.41, 5.74) is -0.0159. The molecule has 0 saturated carbocycles. The van der Waals surface area contributed by atoms with Crippen molar-refractivity contribution in [3.63, 3.8) is 0 Å². The Bertz CT molecular complexity index is 1090. The van der Waals surface area contributed by atoms with Crippen LogP contribution in [0.15, 0.2) is 91.0 Å². The molecule has 0 N–H and O–H groups in total. The van der Waals surface area contributed by atoms with Crippen molar-refractivity contribution in [2.24, 2.45) is 0 Å². The van der Waals surface area contributed by atoms with Gasteiger partial charge >= 0.3 is 17.9 Å². The summed E-state index contributed by atoms with van der Waals surface area (Å²) < 4.78 is 23.1. The van der Waals surface area contributed by atoms with E-state index >= 15 is 0 Å². The van der Waals surface area contributed by atoms with Crippen molar-refractivity contribution >= 4 is 30.5 Å². The Labute approximate surface area is 208 Å². The van der Waals surface area contributed by atoms with Crippen LogP contribution >= 0.6 is 12.6 Å². The predicted octanol–water partition coefficient (Wildman–Crippen LogP) is 4.34. The van der Waals surface area contributed by atoms with Crippen LogP contribution < -0.4 is 0 Å². The van der Waals surface area contributed by atoms with E-state index in [4.69, 9.17) is 18.9 Å². The lowest BCUT2D eigenvalue weighted by atomic mass is 9.99. The third kappa shape index (κ3) is 5.90. The number of benzene rings is 3. The molecule has 1 heterocycles. The molecular weight excluding hydrogens is 468 g/mol. The monoisotopic (exact) mass is 492 g/mol. The lowest BCUT2D eigenvalue weighted by molar-refractivity contribution is -0.194. The number of ether oxygens (including phenoxy) is 4. The van der Waals surface area contributed by atoms with Crippen molar-refractivity contribution in [3.8, 4) is 0 Å². The van der Waals surface area contributed by atoms with E-state index in [2.05, 4.69) is 12.6 Å². The van der Waals surface area contributed by atoms with E-state index < -0.39 is 47.8 Å². The molecule has 4 rings (SSSR count). The molecule has 0 unspecified atom stereocenters. The highest BCUT2D eigenvalue weighted by Crippen LogP contribution is 2.31. The molecular formula is C27H24O7S. The molecule has 1 aliphatic heterocycles. The van der Waals surface area contributed by atoms with Gasteiger partial charge in [0, 0.05) is 0 Å². The minimum absolute atomic E-state index is 0.295. The minimum Gasteiger partial charge on any atom is -0.452 e. The van der Waals surface area contributed by atoms with Gasteiger partial charge in [0.15, 0.2) is 18.3 Å². The number of hydrogen-bond donors (Lipinski definition) is 1. The molecule has 0 spiro atoms. The predicted molar refractivity (Wildman–Crippen MR) is 130 cm³/mol. The van der Waals surface area contributed by atoms with Crippen LogP contribution in [0, 0.1) is 0 Å². The topological polar surface area (TPSA) is 88.1 Å². The lowest BCUT2D eigenvalue weighted by Crippen LogP contribution is -2.59. The SMILES string of the molecule is C[C@@H]1O[C@H](S)[C@@H](OC(=O)c2ccccc2)[C@H](OC(=O)c2ccccc2)[C@@H]1OC(=O)c1ccccc1. The maximum atomic E-state index is 13.0. The molecule has 0 amide bonds. The van der Waals surface area contributed by atoms with Crippen molar-refractivity contribution in [3.05, 3.63) is 108 Å². The van der Waals surface area contributed by atoms with Gasteiger partial charge in [0.2, 0.25) is 0 Å². The van der Waals surface area contributed by atoms with Crippen LogP contribution in [0.3, 0.4) is 0 Å². The lowest BCUT2D eigenvalue weighted by Gasteiger charge is -2.42. The van der Waals surface area contributed by atoms with Crippen molar-refractivity contribution in [2.45, 2.75) is 36.8 Å². The second-order valence-corrected chi connectivity index (χ2v) is 8.45. The van der Waals surface area contributed by atoms with E-state index in [1.807, 2.05) is 0 Å². The van der Waals surface area contributed by atoms with Crippen LogP contribution in [0.1, 0.15) is 38.0 Å². The number of rotatable bonds is 6. The zero-order chi connectivity index (χ0) is 24.8. The molecule has 180 valence electrons. The van der Waals surface area contributed by atoms with Gasteiger partial charge < -0.3 is 18.9 Å². The maximum absolute atomic E-state index is 13.0. The summed E-state index contributed by atoms with van der Waals surface area (Å²) >= 11 is 4.44. The van der Waals surface area contributed by atoms with Gasteiger partial charge in [0.1, 0.15) is 5.44 Å². The summed E-state index contributed by atoms with van der Waals surface area (Å²) in [5.74, 6) is -1.94. The molecule has 1 saturated heterocycles. The molecule has 7 nitrogen and oxygen atoms in total. The van der Waals surface area contributed by atoms with Crippen molar-refractivity contribution in [2.75, 3.05) is 0 Å². The maximum Gasteiger partial charge on any atom is 0.338 e. The summed E-state index contributed by atoms with van der Waals surface area (Å²) in [6.45, 7) is 1.67. The number of thiol groups is 1. The first-order chi connectivity index (χ1) is 16.9. The van der Waals surface area contributed by atoms with Gasteiger partial charge in [-0.2, -0.15) is 0 Å². The van der Waals surface area contributed by atoms with E-state index in [1.54, 1.807) is 97.9 Å². The quantitative estimate of drug-likeness (QED) is 0.311. The zero-order valence-electron chi connectivity index (χ0n) is 18.9. The molecule has 0 aromatic heterocycles. The number of hydrogen-bond acceptors (Lipinski definition) is 8. The number of carbonyl (C=O) groups excluding carboxylic acids is 3. The molecule has 35 heavy (non-hydrogen) atoms. The van der Waals surface area contributed by atoms with Crippen LogP contribution in [-0.4, -0.2) is 47.8 Å². The molecule has 1 fully saturated rings. The van der Waals surface area contributed by atoms with E-state index in [0.29, 0.717) is 16.7 Å². The summed E-state index contributed by atoms with van der Waals surface area (Å²) in [4.78, 5) is 38.6. The first-order valence-electron chi connectivity index (χ1n) is 11.1. The fourth-order valence-electron chi connectivity index (χ4n) is 3.71. The third-order valence-corrected chi connectivity index (χ3v) is 5.92. The van der Waals surface area contributed by atoms with E-state index in [9.17, 15) is 14.4 Å². The van der Waals surface area contributed by atoms with Crippen LogP contribution in [-0.2, 0) is 18.9 Å². The standard InChI is InChI=1S/C27H24O7S/c1-17-21(32-24(28)18-11-5-2-6-12-18)22(33-25(29)19-13-7-3-8-14-19)23(27(35)31-17)34-26(30)20-15-9-4-10-16-20/h2-17,21-23,27,35H,1H3/t17-,21+,22+,23-,27+/m0/s1. The van der Waals surface area contributed by atoms with Crippen LogP contribution in [0.25, 0.3) is 0 Å². The second-order valence-electron chi connectivity index (χ2n) is 7.94. The van der Waals surface area contributed by atoms with Crippen LogP contribution in [0.4, 0.5) is 0 Å². The van der Waals surface area contributed by atoms with E-state index in [0.717, 1.165) is 0 Å². The normalized spacial score (nSPS) is 23.7. The highest BCUT2D eigenvalue weighted by Gasteiger charge is 2.50. The van der Waals surface area contributed by atoms with Crippen molar-refractivity contribution in [1.82, 2.24) is 0 Å². The van der Waals surface area contributed by atoms with Gasteiger partial charge in [-0.15, -0.1) is 12.6 Å². The molecule has 8 heteroatoms. The molecule has 1 aliphatic rings. The molecule has 3 aromatic rings. The summed E-state index contributed by atoms with van der Waals surface area (Å²) in [6.07, 6.45) is -4.09. The van der Waals surface area contributed by atoms with E-state index in [1.165, 1.54) is 0 Å². The summed E-state index contributed by atoms with van der Waals surface area (Å²) in [7, 11) is 0. The Morgan fingerprint density at radius 1 is 0.600 bits per heavy atom. The smallest absolute Gasteiger partial charge is 0.338 e. The average Bonchev–Trinajstić information content (AvgIpc) is 2.89. The zero-order valence-corrected chi connectivity index (χ0v) is 19.7. The number of carbonyl (C=O) groups is 3. The first kappa shape index (κ1) is 24.5. The molecule has 5 atom stereocenters. The van der Waals surface area contributed by atoms with E-state index in [-0.39, 0.29) is 0 Å². The van der Waals surface area contributed by atoms with Gasteiger partial charge in [-0.1, -0.05) is 54.6 Å². The van der Waals surface area contributed by atoms with Crippen molar-refractivity contribution in [1.29, 1.82) is 0 Å². The highest BCUT2D eigenvalue weighted by molar-refractivity contribution is 7.80. The van der Waals surface area contributed by atoms with Crippen molar-refractivity contribution < 1.29 is 33.3 Å². The summed E-state index contributed by atoms with van der Waals surface area (Å²) in [6, 6.07) is 25.1. The average molecular weight is 493 g/mol. The molecule has 0 aliphatic carbocycles. The Hall–Kier alpha value is -3.62. The second kappa shape index (κ2) is 11.2. The Morgan fingerprint density at radius 3 is 1.34 bits per heavy atom. The van der Waals surface area contributed by atoms with Gasteiger partial charge in [0.05, 0.1) is 22.8 Å². The largest absolute Gasteiger partial charge is 0.452 e. The van der Waals surface area contributed by atoms with Gasteiger partial charge in [0.25, 0.3) is 0 Å². The van der Waals surface area contributed by atoms with Crippen LogP contribution in [0.2, 0.25) is 0 Å².